The van der Waals surface area contributed by atoms with E-state index in [1.54, 1.807) is 0 Å². The zero-order chi connectivity index (χ0) is 16.5. The van der Waals surface area contributed by atoms with Crippen molar-refractivity contribution in [3.8, 4) is 10.6 Å². The Balaban J connectivity index is 0.00000121. The summed E-state index contributed by atoms with van der Waals surface area (Å²) in [4.78, 5) is 17.2. The summed E-state index contributed by atoms with van der Waals surface area (Å²) in [6.45, 7) is 0. The van der Waals surface area contributed by atoms with Gasteiger partial charge in [0.15, 0.2) is 0 Å². The zero-order valence-electron chi connectivity index (χ0n) is 14.5. The quantitative estimate of drug-likeness (QED) is 0.788. The van der Waals surface area contributed by atoms with Crippen LogP contribution >= 0.6 is 36.2 Å². The highest BCUT2D eigenvalue weighted by atomic mass is 35.5. The van der Waals surface area contributed by atoms with Crippen molar-refractivity contribution in [2.24, 2.45) is 17.6 Å². The topological polar surface area (TPSA) is 68.0 Å². The number of nitrogens with one attached hydrogen (secondary N) is 1. The van der Waals surface area contributed by atoms with Crippen LogP contribution in [0.1, 0.15) is 42.6 Å². The van der Waals surface area contributed by atoms with E-state index in [1.807, 2.05) is 35.7 Å². The molecule has 2 saturated carbocycles. The second-order valence-corrected chi connectivity index (χ2v) is 7.94. The van der Waals surface area contributed by atoms with Gasteiger partial charge in [-0.3, -0.25) is 4.79 Å². The van der Waals surface area contributed by atoms with E-state index in [1.165, 1.54) is 30.6 Å². The third-order valence-electron chi connectivity index (χ3n) is 5.43. The van der Waals surface area contributed by atoms with E-state index in [4.69, 9.17) is 5.73 Å². The molecule has 0 saturated heterocycles. The van der Waals surface area contributed by atoms with Gasteiger partial charge in [-0.2, -0.15) is 0 Å². The van der Waals surface area contributed by atoms with Crippen LogP contribution in [0.25, 0.3) is 10.6 Å². The van der Waals surface area contributed by atoms with Crippen LogP contribution < -0.4 is 11.1 Å². The maximum absolute atomic E-state index is 12.7. The van der Waals surface area contributed by atoms with Crippen LogP contribution in [0.2, 0.25) is 0 Å². The maximum Gasteiger partial charge on any atom is 0.271 e. The highest BCUT2D eigenvalue weighted by Crippen LogP contribution is 2.39. The average molecular weight is 414 g/mol. The van der Waals surface area contributed by atoms with E-state index in [0.29, 0.717) is 23.6 Å². The predicted molar refractivity (Wildman–Crippen MR) is 111 cm³/mol. The molecule has 2 atom stereocenters. The average Bonchev–Trinajstić information content (AvgIpc) is 3.07. The summed E-state index contributed by atoms with van der Waals surface area (Å²) in [5.74, 6) is 1.03. The first kappa shape index (κ1) is 21.2. The number of hydrogen-bond donors (Lipinski definition) is 2. The minimum absolute atomic E-state index is 0. The van der Waals surface area contributed by atoms with E-state index in [2.05, 4.69) is 10.3 Å². The summed E-state index contributed by atoms with van der Waals surface area (Å²) >= 11 is 1.52. The number of benzene rings is 1. The standard InChI is InChI=1S/C19H23N3OS.2ClH/c20-15-9-13-7-4-8-14(10-15)17(13)22-18(23)16-11-24-19(21-16)12-5-2-1-3-6-12;;/h1-3,5-6,11,13-15,17H,4,7-10,20H2,(H,22,23);2*1H. The van der Waals surface area contributed by atoms with Crippen molar-refractivity contribution in [1.29, 1.82) is 0 Å². The first-order chi connectivity index (χ1) is 11.7. The summed E-state index contributed by atoms with van der Waals surface area (Å²) in [6, 6.07) is 10.6. The Hall–Kier alpha value is -1.14. The molecule has 4 rings (SSSR count). The number of carbonyl (C=O) groups excluding carboxylic acids is 1. The lowest BCUT2D eigenvalue weighted by atomic mass is 9.67. The van der Waals surface area contributed by atoms with Crippen LogP contribution in [0, 0.1) is 11.8 Å². The Labute approximate surface area is 170 Å². The second-order valence-electron chi connectivity index (χ2n) is 7.09. The van der Waals surface area contributed by atoms with Crippen molar-refractivity contribution in [2.75, 3.05) is 0 Å². The number of carbonyl (C=O) groups is 1. The van der Waals surface area contributed by atoms with Gasteiger partial charge >= 0.3 is 0 Å². The molecule has 2 aliphatic carbocycles. The molecule has 2 aliphatic rings. The van der Waals surface area contributed by atoms with Gasteiger partial charge in [-0.15, -0.1) is 36.2 Å². The highest BCUT2D eigenvalue weighted by Gasteiger charge is 2.40. The molecule has 3 N–H and O–H groups in total. The monoisotopic (exact) mass is 413 g/mol. The lowest BCUT2D eigenvalue weighted by Crippen LogP contribution is -2.53. The number of nitrogens with two attached hydrogens (primary N) is 1. The van der Waals surface area contributed by atoms with Gasteiger partial charge < -0.3 is 11.1 Å². The number of nitrogens with zero attached hydrogens (tertiary/aromatic N) is 1. The number of aromatic nitrogens is 1. The Bertz CT molecular complexity index is 711. The lowest BCUT2D eigenvalue weighted by Gasteiger charge is -2.45. The minimum Gasteiger partial charge on any atom is -0.347 e. The summed E-state index contributed by atoms with van der Waals surface area (Å²) < 4.78 is 0. The summed E-state index contributed by atoms with van der Waals surface area (Å²) in [7, 11) is 0. The molecule has 0 radical (unpaired) electrons. The van der Waals surface area contributed by atoms with Gasteiger partial charge in [-0.1, -0.05) is 36.8 Å². The molecule has 1 aromatic heterocycles. The number of amides is 1. The van der Waals surface area contributed by atoms with E-state index in [0.717, 1.165) is 23.4 Å². The fourth-order valence-electron chi connectivity index (χ4n) is 4.34. The normalized spacial score (nSPS) is 27.0. The van der Waals surface area contributed by atoms with E-state index < -0.39 is 0 Å². The molecule has 1 amide bonds. The van der Waals surface area contributed by atoms with Gasteiger partial charge in [0.05, 0.1) is 0 Å². The fourth-order valence-corrected chi connectivity index (χ4v) is 5.15. The summed E-state index contributed by atoms with van der Waals surface area (Å²) in [6.07, 6.45) is 5.70. The number of fused-ring (bicyclic) bond motifs is 2. The SMILES string of the molecule is Cl.Cl.NC1CC2CCCC(C1)C2NC(=O)c1csc(-c2ccccc2)n1. The largest absolute Gasteiger partial charge is 0.347 e. The predicted octanol–water partition coefficient (Wildman–Crippen LogP) is 4.29. The van der Waals surface area contributed by atoms with Crippen LogP contribution in [0.5, 0.6) is 0 Å². The molecule has 4 nitrogen and oxygen atoms in total. The maximum atomic E-state index is 12.7. The number of thiazole rings is 1. The Kier molecular flexibility index (Phi) is 7.47. The van der Waals surface area contributed by atoms with E-state index in [9.17, 15) is 4.79 Å². The van der Waals surface area contributed by atoms with Gasteiger partial charge in [0.1, 0.15) is 10.7 Å². The Morgan fingerprint density at radius 1 is 1.12 bits per heavy atom. The van der Waals surface area contributed by atoms with E-state index in [-0.39, 0.29) is 36.8 Å². The first-order valence-corrected chi connectivity index (χ1v) is 9.66. The highest BCUT2D eigenvalue weighted by molar-refractivity contribution is 7.13. The van der Waals surface area contributed by atoms with Gasteiger partial charge in [0.2, 0.25) is 0 Å². The van der Waals surface area contributed by atoms with Crippen molar-refractivity contribution < 1.29 is 4.79 Å². The molecule has 7 heteroatoms. The molecule has 2 bridgehead atoms. The summed E-state index contributed by atoms with van der Waals surface area (Å²) in [5, 5.41) is 6.03. The third kappa shape index (κ3) is 4.39. The molecular formula is C19H25Cl2N3OS. The number of rotatable bonds is 3. The summed E-state index contributed by atoms with van der Waals surface area (Å²) in [5.41, 5.74) is 7.77. The van der Waals surface area contributed by atoms with Crippen molar-refractivity contribution in [2.45, 2.75) is 44.2 Å². The Morgan fingerprint density at radius 2 is 1.77 bits per heavy atom. The molecule has 2 aromatic rings. The Morgan fingerprint density at radius 3 is 2.42 bits per heavy atom. The number of halogens is 2. The van der Waals surface area contributed by atoms with Crippen molar-refractivity contribution >= 4 is 42.1 Å². The zero-order valence-corrected chi connectivity index (χ0v) is 16.9. The van der Waals surface area contributed by atoms with Crippen LogP contribution in [0.3, 0.4) is 0 Å². The van der Waals surface area contributed by atoms with Crippen LogP contribution in [-0.4, -0.2) is 23.0 Å². The molecule has 2 fully saturated rings. The fraction of sp³-hybridized carbons (Fsp3) is 0.474. The molecule has 26 heavy (non-hydrogen) atoms. The van der Waals surface area contributed by atoms with Crippen LogP contribution in [-0.2, 0) is 0 Å². The van der Waals surface area contributed by atoms with Gasteiger partial charge in [-0.25, -0.2) is 4.98 Å². The minimum atomic E-state index is -0.0363. The van der Waals surface area contributed by atoms with Crippen molar-refractivity contribution in [3.63, 3.8) is 0 Å². The molecule has 0 aliphatic heterocycles. The van der Waals surface area contributed by atoms with Crippen LogP contribution in [0.4, 0.5) is 0 Å². The molecular weight excluding hydrogens is 389 g/mol. The molecule has 1 aromatic carbocycles. The molecule has 2 unspecified atom stereocenters. The molecule has 0 spiro atoms. The van der Waals surface area contributed by atoms with Gasteiger partial charge in [0.25, 0.3) is 5.91 Å². The lowest BCUT2D eigenvalue weighted by molar-refractivity contribution is 0.0752. The first-order valence-electron chi connectivity index (χ1n) is 8.78. The van der Waals surface area contributed by atoms with Crippen LogP contribution in [0.15, 0.2) is 35.7 Å². The van der Waals surface area contributed by atoms with Gasteiger partial charge in [0, 0.05) is 23.0 Å². The molecule has 142 valence electrons. The van der Waals surface area contributed by atoms with E-state index >= 15 is 0 Å². The second kappa shape index (κ2) is 9.18. The number of hydrogen-bond acceptors (Lipinski definition) is 4. The third-order valence-corrected chi connectivity index (χ3v) is 6.32. The van der Waals surface area contributed by atoms with Crippen molar-refractivity contribution in [1.82, 2.24) is 10.3 Å². The molecule has 1 heterocycles. The van der Waals surface area contributed by atoms with Crippen molar-refractivity contribution in [3.05, 3.63) is 41.4 Å². The van der Waals surface area contributed by atoms with Gasteiger partial charge in [-0.05, 0) is 37.5 Å². The smallest absolute Gasteiger partial charge is 0.271 e.